The summed E-state index contributed by atoms with van der Waals surface area (Å²) >= 11 is 6.39. The Bertz CT molecular complexity index is 1630. The molecule has 5 rings (SSSR count). The molecule has 0 fully saturated rings. The van der Waals surface area contributed by atoms with E-state index in [1.165, 1.54) is 24.3 Å². The smallest absolute Gasteiger partial charge is 0.318 e. The van der Waals surface area contributed by atoms with Gasteiger partial charge in [-0.3, -0.25) is 9.36 Å². The van der Waals surface area contributed by atoms with Crippen molar-refractivity contribution in [2.75, 3.05) is 17.7 Å². The largest absolute Gasteiger partial charge is 0.358 e. The summed E-state index contributed by atoms with van der Waals surface area (Å²) in [6.07, 6.45) is 2.94. The number of aromatic nitrogens is 6. The number of anilines is 2. The van der Waals surface area contributed by atoms with Crippen molar-refractivity contribution < 1.29 is 4.79 Å². The van der Waals surface area contributed by atoms with Gasteiger partial charge in [0.2, 0.25) is 0 Å². The summed E-state index contributed by atoms with van der Waals surface area (Å²) in [6.45, 7) is 1.87. The minimum Gasteiger partial charge on any atom is -0.358 e. The summed E-state index contributed by atoms with van der Waals surface area (Å²) in [4.78, 5) is 46.0. The van der Waals surface area contributed by atoms with E-state index in [1.54, 1.807) is 42.5 Å². The maximum absolute atomic E-state index is 13.8. The van der Waals surface area contributed by atoms with Crippen LogP contribution in [0.5, 0.6) is 0 Å². The Morgan fingerprint density at radius 2 is 1.97 bits per heavy atom. The second-order valence-electron chi connectivity index (χ2n) is 7.69. The van der Waals surface area contributed by atoms with E-state index in [0.29, 0.717) is 50.1 Å². The fourth-order valence-electron chi connectivity index (χ4n) is 3.81. The minimum absolute atomic E-state index is 0.299. The number of imidazole rings is 1. The van der Waals surface area contributed by atoms with E-state index < -0.39 is 6.04 Å². The second kappa shape index (κ2) is 9.03. The Kier molecular flexibility index (Phi) is 5.75. The Balaban J connectivity index is 1.68. The molecular formula is C23H20ClN9O2. The number of fused-ring (bicyclic) bond motifs is 2. The van der Waals surface area contributed by atoms with Gasteiger partial charge in [0.15, 0.2) is 11.5 Å². The number of carbonyl (C=O) groups excluding carboxylic acids is 1. The van der Waals surface area contributed by atoms with Gasteiger partial charge < -0.3 is 20.9 Å². The third kappa shape index (κ3) is 4.13. The zero-order valence-corrected chi connectivity index (χ0v) is 19.5. The van der Waals surface area contributed by atoms with Gasteiger partial charge in [-0.15, -0.1) is 0 Å². The van der Waals surface area contributed by atoms with Gasteiger partial charge in [-0.2, -0.15) is 0 Å². The Labute approximate surface area is 203 Å². The maximum Gasteiger partial charge on any atom is 0.318 e. The summed E-state index contributed by atoms with van der Waals surface area (Å²) < 4.78 is 1.48. The molecule has 1 unspecified atom stereocenters. The van der Waals surface area contributed by atoms with Crippen LogP contribution in [0.3, 0.4) is 0 Å². The summed E-state index contributed by atoms with van der Waals surface area (Å²) in [5.74, 6) is 0.940. The monoisotopic (exact) mass is 489 g/mol. The van der Waals surface area contributed by atoms with E-state index >= 15 is 0 Å². The van der Waals surface area contributed by atoms with Gasteiger partial charge in [0, 0.05) is 12.7 Å². The number of urea groups is 1. The minimum atomic E-state index is -0.469. The van der Waals surface area contributed by atoms with Gasteiger partial charge in [-0.05, 0) is 37.3 Å². The number of hydrogen-bond acceptors (Lipinski definition) is 7. The Morgan fingerprint density at radius 1 is 1.14 bits per heavy atom. The van der Waals surface area contributed by atoms with E-state index in [0.717, 1.165) is 0 Å². The van der Waals surface area contributed by atoms with Crippen LogP contribution in [-0.4, -0.2) is 42.6 Å². The maximum atomic E-state index is 13.8. The highest BCUT2D eigenvalue weighted by Crippen LogP contribution is 2.26. The summed E-state index contributed by atoms with van der Waals surface area (Å²) in [6, 6.07) is 11.2. The van der Waals surface area contributed by atoms with Crippen molar-refractivity contribution in [2.45, 2.75) is 13.0 Å². The van der Waals surface area contributed by atoms with Crippen LogP contribution in [0.15, 0.2) is 59.9 Å². The number of benzene rings is 2. The average Bonchev–Trinajstić information content (AvgIpc) is 3.34. The molecule has 3 heterocycles. The third-order valence-corrected chi connectivity index (χ3v) is 5.74. The molecule has 0 radical (unpaired) electrons. The van der Waals surface area contributed by atoms with Gasteiger partial charge in [0.05, 0.1) is 34.0 Å². The van der Waals surface area contributed by atoms with Crippen molar-refractivity contribution in [3.8, 4) is 5.69 Å². The molecule has 0 aliphatic heterocycles. The van der Waals surface area contributed by atoms with Crippen LogP contribution >= 0.6 is 11.6 Å². The van der Waals surface area contributed by atoms with Crippen LogP contribution in [0, 0.1) is 0 Å². The quantitative estimate of drug-likeness (QED) is 0.295. The lowest BCUT2D eigenvalue weighted by Gasteiger charge is -2.21. The van der Waals surface area contributed by atoms with E-state index in [-0.39, 0.29) is 11.6 Å². The molecule has 12 heteroatoms. The van der Waals surface area contributed by atoms with E-state index in [9.17, 15) is 9.59 Å². The molecule has 11 nitrogen and oxygen atoms in total. The standard InChI is InChI=1S/C23H20ClN9O2/c1-12(30-20-18-19(27-10-26-18)28-11-29-20)21-32-16-8-4-7-15(24)17(16)22(34)33(21)14-6-3-5-13(9-14)31-23(35)25-2/h3-12H,1-2H3,(H2,25,31,35)(H2,26,27,28,29,30). The fourth-order valence-corrected chi connectivity index (χ4v) is 4.06. The van der Waals surface area contributed by atoms with E-state index in [4.69, 9.17) is 16.6 Å². The molecular weight excluding hydrogens is 470 g/mol. The molecule has 0 saturated heterocycles. The molecule has 35 heavy (non-hydrogen) atoms. The number of rotatable bonds is 5. The van der Waals surface area contributed by atoms with E-state index in [1.807, 2.05) is 6.92 Å². The molecule has 2 aromatic carbocycles. The second-order valence-corrected chi connectivity index (χ2v) is 8.10. The lowest BCUT2D eigenvalue weighted by Crippen LogP contribution is -2.28. The predicted molar refractivity (Wildman–Crippen MR) is 134 cm³/mol. The highest BCUT2D eigenvalue weighted by atomic mass is 35.5. The molecule has 1 atom stereocenters. The van der Waals surface area contributed by atoms with Gasteiger partial charge in [-0.1, -0.05) is 23.7 Å². The van der Waals surface area contributed by atoms with Crippen molar-refractivity contribution >= 4 is 51.2 Å². The number of amides is 2. The summed E-state index contributed by atoms with van der Waals surface area (Å²) in [7, 11) is 1.52. The average molecular weight is 490 g/mol. The summed E-state index contributed by atoms with van der Waals surface area (Å²) in [5, 5.41) is 9.13. The van der Waals surface area contributed by atoms with Gasteiger partial charge in [-0.25, -0.2) is 24.7 Å². The van der Waals surface area contributed by atoms with Crippen LogP contribution < -0.4 is 21.5 Å². The van der Waals surface area contributed by atoms with Gasteiger partial charge in [0.1, 0.15) is 17.7 Å². The van der Waals surface area contributed by atoms with Gasteiger partial charge >= 0.3 is 6.03 Å². The number of hydrogen-bond donors (Lipinski definition) is 4. The highest BCUT2D eigenvalue weighted by Gasteiger charge is 2.21. The Morgan fingerprint density at radius 3 is 2.80 bits per heavy atom. The van der Waals surface area contributed by atoms with Crippen LogP contribution in [-0.2, 0) is 0 Å². The predicted octanol–water partition coefficient (Wildman–Crippen LogP) is 3.63. The van der Waals surface area contributed by atoms with Crippen molar-refractivity contribution in [3.05, 3.63) is 76.3 Å². The number of carbonyl (C=O) groups is 1. The number of aromatic amines is 1. The van der Waals surface area contributed by atoms with Crippen LogP contribution in [0.2, 0.25) is 5.02 Å². The molecule has 0 spiro atoms. The van der Waals surface area contributed by atoms with Crippen molar-refractivity contribution in [2.24, 2.45) is 0 Å². The highest BCUT2D eigenvalue weighted by molar-refractivity contribution is 6.35. The topological polar surface area (TPSA) is 143 Å². The molecule has 0 aliphatic carbocycles. The zero-order valence-electron chi connectivity index (χ0n) is 18.7. The van der Waals surface area contributed by atoms with Crippen LogP contribution in [0.1, 0.15) is 18.8 Å². The number of nitrogens with zero attached hydrogens (tertiary/aromatic N) is 5. The van der Waals surface area contributed by atoms with Crippen molar-refractivity contribution in [1.29, 1.82) is 0 Å². The lowest BCUT2D eigenvalue weighted by molar-refractivity contribution is 0.254. The number of nitrogens with one attached hydrogen (secondary N) is 4. The first-order chi connectivity index (χ1) is 17.0. The number of halogens is 1. The first-order valence-corrected chi connectivity index (χ1v) is 11.0. The lowest BCUT2D eigenvalue weighted by atomic mass is 10.2. The van der Waals surface area contributed by atoms with Crippen molar-refractivity contribution in [3.63, 3.8) is 0 Å². The molecule has 0 aliphatic rings. The van der Waals surface area contributed by atoms with E-state index in [2.05, 4.69) is 35.9 Å². The fraction of sp³-hybridized carbons (Fsp3) is 0.130. The third-order valence-electron chi connectivity index (χ3n) is 5.43. The number of H-pyrrole nitrogens is 1. The van der Waals surface area contributed by atoms with Crippen LogP contribution in [0.25, 0.3) is 27.8 Å². The molecule has 4 N–H and O–H groups in total. The molecule has 3 aromatic heterocycles. The molecule has 2 amide bonds. The zero-order chi connectivity index (χ0) is 24.5. The van der Waals surface area contributed by atoms with Crippen LogP contribution in [0.4, 0.5) is 16.3 Å². The first-order valence-electron chi connectivity index (χ1n) is 10.7. The molecule has 176 valence electrons. The molecule has 0 bridgehead atoms. The molecule has 5 aromatic rings. The molecule has 0 saturated carbocycles. The SMILES string of the molecule is CNC(=O)Nc1cccc(-n2c(C(C)Nc3ncnc4nc[nH]c34)nc3cccc(Cl)c3c2=O)c1. The van der Waals surface area contributed by atoms with Crippen molar-refractivity contribution in [1.82, 2.24) is 34.8 Å². The summed E-state index contributed by atoms with van der Waals surface area (Å²) in [5.41, 5.74) is 2.30. The normalized spacial score (nSPS) is 12.0. The Hall–Kier alpha value is -4.51. The first kappa shape index (κ1) is 22.3. The van der Waals surface area contributed by atoms with Gasteiger partial charge in [0.25, 0.3) is 5.56 Å².